The fourth-order valence-electron chi connectivity index (χ4n) is 1.65. The summed E-state index contributed by atoms with van der Waals surface area (Å²) < 4.78 is 13.1. The summed E-state index contributed by atoms with van der Waals surface area (Å²) in [5.74, 6) is -0.596. The summed E-state index contributed by atoms with van der Waals surface area (Å²) in [6, 6.07) is 6.31. The van der Waals surface area contributed by atoms with Crippen molar-refractivity contribution in [3.63, 3.8) is 0 Å². The van der Waals surface area contributed by atoms with Crippen LogP contribution >= 0.6 is 11.3 Å². The van der Waals surface area contributed by atoms with E-state index in [4.69, 9.17) is 5.11 Å². The molecule has 0 bridgehead atoms. The van der Waals surface area contributed by atoms with E-state index in [0.717, 1.165) is 10.6 Å². The second kappa shape index (κ2) is 6.58. The zero-order valence-corrected chi connectivity index (χ0v) is 11.8. The third kappa shape index (κ3) is 4.11. The largest absolute Gasteiger partial charge is 0.392 e. The molecule has 2 aromatic rings. The summed E-state index contributed by atoms with van der Waals surface area (Å²) >= 11 is 1.36. The number of aliphatic hydroxyl groups excluding tert-OH is 1. The van der Waals surface area contributed by atoms with Crippen LogP contribution in [-0.4, -0.2) is 28.6 Å². The lowest BCUT2D eigenvalue weighted by Gasteiger charge is -2.04. The predicted octanol–water partition coefficient (Wildman–Crippen LogP) is 1.98. The van der Waals surface area contributed by atoms with Crippen molar-refractivity contribution in [1.29, 1.82) is 0 Å². The van der Waals surface area contributed by atoms with Crippen LogP contribution in [0.1, 0.15) is 28.0 Å². The Balaban J connectivity index is 2.00. The van der Waals surface area contributed by atoms with Crippen molar-refractivity contribution in [3.05, 3.63) is 51.7 Å². The number of aromatic nitrogens is 1. The molecule has 0 aliphatic rings. The van der Waals surface area contributed by atoms with E-state index in [2.05, 4.69) is 10.3 Å². The van der Waals surface area contributed by atoms with Crippen LogP contribution in [0.5, 0.6) is 0 Å². The second-order valence-electron chi connectivity index (χ2n) is 4.49. The Kier molecular flexibility index (Phi) is 4.81. The zero-order valence-electron chi connectivity index (χ0n) is 11.0. The molecule has 1 aromatic carbocycles. The molecular weight excluding hydrogens is 279 g/mol. The van der Waals surface area contributed by atoms with Crippen LogP contribution in [0.25, 0.3) is 0 Å². The Bertz CT molecular complexity index is 598. The SMILES string of the molecule is CC(O)CNC(=O)c1csc(Cc2cccc(F)c2)n1. The van der Waals surface area contributed by atoms with Gasteiger partial charge in [0.25, 0.3) is 5.91 Å². The summed E-state index contributed by atoms with van der Waals surface area (Å²) in [4.78, 5) is 15.9. The first-order chi connectivity index (χ1) is 9.54. The molecule has 6 heteroatoms. The molecule has 0 aliphatic heterocycles. The number of hydrogen-bond donors (Lipinski definition) is 2. The quantitative estimate of drug-likeness (QED) is 0.886. The lowest BCUT2D eigenvalue weighted by molar-refractivity contribution is 0.0919. The average Bonchev–Trinajstić information content (AvgIpc) is 2.84. The van der Waals surface area contributed by atoms with Crippen molar-refractivity contribution in [1.82, 2.24) is 10.3 Å². The number of halogens is 1. The molecule has 0 spiro atoms. The minimum Gasteiger partial charge on any atom is -0.392 e. The monoisotopic (exact) mass is 294 g/mol. The van der Waals surface area contributed by atoms with Crippen LogP contribution in [0, 0.1) is 5.82 Å². The van der Waals surface area contributed by atoms with Gasteiger partial charge in [-0.25, -0.2) is 9.37 Å². The highest BCUT2D eigenvalue weighted by atomic mass is 32.1. The first-order valence-corrected chi connectivity index (χ1v) is 7.07. The number of nitrogens with one attached hydrogen (secondary N) is 1. The molecule has 1 unspecified atom stereocenters. The number of thiazole rings is 1. The molecule has 1 amide bonds. The first kappa shape index (κ1) is 14.6. The smallest absolute Gasteiger partial charge is 0.270 e. The highest BCUT2D eigenvalue weighted by Gasteiger charge is 2.11. The Morgan fingerprint density at radius 3 is 3.05 bits per heavy atom. The number of hydrogen-bond acceptors (Lipinski definition) is 4. The number of aliphatic hydroxyl groups is 1. The van der Waals surface area contributed by atoms with E-state index in [1.807, 2.05) is 6.07 Å². The Morgan fingerprint density at radius 1 is 1.55 bits per heavy atom. The van der Waals surface area contributed by atoms with Gasteiger partial charge in [0.05, 0.1) is 11.1 Å². The first-order valence-electron chi connectivity index (χ1n) is 6.19. The van der Waals surface area contributed by atoms with E-state index in [1.54, 1.807) is 18.4 Å². The van der Waals surface area contributed by atoms with Crippen LogP contribution in [0.2, 0.25) is 0 Å². The van der Waals surface area contributed by atoms with Gasteiger partial charge in [0, 0.05) is 18.3 Å². The summed E-state index contributed by atoms with van der Waals surface area (Å²) in [5, 5.41) is 14.1. The number of carbonyl (C=O) groups is 1. The molecule has 0 saturated carbocycles. The predicted molar refractivity (Wildman–Crippen MR) is 75.3 cm³/mol. The topological polar surface area (TPSA) is 62.2 Å². The van der Waals surface area contributed by atoms with Gasteiger partial charge in [0.15, 0.2) is 0 Å². The van der Waals surface area contributed by atoms with E-state index >= 15 is 0 Å². The fourth-order valence-corrected chi connectivity index (χ4v) is 2.46. The maximum Gasteiger partial charge on any atom is 0.270 e. The molecule has 1 aromatic heterocycles. The lowest BCUT2D eigenvalue weighted by atomic mass is 10.1. The van der Waals surface area contributed by atoms with Gasteiger partial charge in [-0.2, -0.15) is 0 Å². The van der Waals surface area contributed by atoms with Gasteiger partial charge in [-0.3, -0.25) is 4.79 Å². The Hall–Kier alpha value is -1.79. The number of benzene rings is 1. The van der Waals surface area contributed by atoms with Gasteiger partial charge in [-0.05, 0) is 24.6 Å². The van der Waals surface area contributed by atoms with Crippen molar-refractivity contribution in [3.8, 4) is 0 Å². The van der Waals surface area contributed by atoms with E-state index in [9.17, 15) is 9.18 Å². The zero-order chi connectivity index (χ0) is 14.5. The number of rotatable bonds is 5. The highest BCUT2D eigenvalue weighted by Crippen LogP contribution is 2.15. The fraction of sp³-hybridized carbons (Fsp3) is 0.286. The molecule has 1 atom stereocenters. The number of amides is 1. The molecule has 4 nitrogen and oxygen atoms in total. The summed E-state index contributed by atoms with van der Waals surface area (Å²) in [6.07, 6.45) is -0.101. The highest BCUT2D eigenvalue weighted by molar-refractivity contribution is 7.09. The van der Waals surface area contributed by atoms with E-state index in [0.29, 0.717) is 12.1 Å². The lowest BCUT2D eigenvalue weighted by Crippen LogP contribution is -2.30. The molecule has 0 aliphatic carbocycles. The van der Waals surface area contributed by atoms with Crippen LogP contribution in [-0.2, 0) is 6.42 Å². The molecule has 0 fully saturated rings. The van der Waals surface area contributed by atoms with Gasteiger partial charge >= 0.3 is 0 Å². The number of nitrogens with zero attached hydrogens (tertiary/aromatic N) is 1. The maximum absolute atomic E-state index is 13.1. The van der Waals surface area contributed by atoms with Crippen molar-refractivity contribution >= 4 is 17.2 Å². The van der Waals surface area contributed by atoms with Gasteiger partial charge in [0.2, 0.25) is 0 Å². The summed E-state index contributed by atoms with van der Waals surface area (Å²) in [7, 11) is 0. The van der Waals surface area contributed by atoms with Gasteiger partial charge in [-0.1, -0.05) is 12.1 Å². The van der Waals surface area contributed by atoms with Gasteiger partial charge in [-0.15, -0.1) is 11.3 Å². The third-order valence-electron chi connectivity index (χ3n) is 2.59. The average molecular weight is 294 g/mol. The van der Waals surface area contributed by atoms with Crippen LogP contribution in [0.3, 0.4) is 0 Å². The Morgan fingerprint density at radius 2 is 2.35 bits per heavy atom. The van der Waals surface area contributed by atoms with Crippen molar-refractivity contribution in [2.45, 2.75) is 19.4 Å². The van der Waals surface area contributed by atoms with E-state index < -0.39 is 6.10 Å². The molecule has 106 valence electrons. The van der Waals surface area contributed by atoms with Gasteiger partial charge in [0.1, 0.15) is 11.5 Å². The molecule has 0 saturated heterocycles. The molecule has 2 rings (SSSR count). The Labute approximate surface area is 120 Å². The summed E-state index contributed by atoms with van der Waals surface area (Å²) in [6.45, 7) is 1.78. The van der Waals surface area contributed by atoms with E-state index in [1.165, 1.54) is 23.5 Å². The van der Waals surface area contributed by atoms with Crippen molar-refractivity contribution < 1.29 is 14.3 Å². The van der Waals surface area contributed by atoms with Crippen LogP contribution in [0.4, 0.5) is 4.39 Å². The molecular formula is C14H15FN2O2S. The van der Waals surface area contributed by atoms with Crippen molar-refractivity contribution in [2.75, 3.05) is 6.54 Å². The number of carbonyl (C=O) groups excluding carboxylic acids is 1. The molecule has 0 radical (unpaired) electrons. The molecule has 2 N–H and O–H groups in total. The standard InChI is InChI=1S/C14H15FN2O2S/c1-9(18)7-16-14(19)12-8-20-13(17-12)6-10-3-2-4-11(15)5-10/h2-5,8-9,18H,6-7H2,1H3,(H,16,19). The van der Waals surface area contributed by atoms with Crippen LogP contribution < -0.4 is 5.32 Å². The van der Waals surface area contributed by atoms with Crippen LogP contribution in [0.15, 0.2) is 29.6 Å². The van der Waals surface area contributed by atoms with Gasteiger partial charge < -0.3 is 10.4 Å². The normalized spacial score (nSPS) is 12.2. The maximum atomic E-state index is 13.1. The van der Waals surface area contributed by atoms with Crippen molar-refractivity contribution in [2.24, 2.45) is 0 Å². The summed E-state index contributed by atoms with van der Waals surface area (Å²) in [5.41, 5.74) is 1.14. The second-order valence-corrected chi connectivity index (χ2v) is 5.43. The minimum absolute atomic E-state index is 0.190. The minimum atomic E-state index is -0.593. The van der Waals surface area contributed by atoms with E-state index in [-0.39, 0.29) is 18.3 Å². The molecule has 20 heavy (non-hydrogen) atoms. The molecule has 1 heterocycles. The third-order valence-corrected chi connectivity index (χ3v) is 3.44.